The molecule has 2 atom stereocenters. The first kappa shape index (κ1) is 21.0. The van der Waals surface area contributed by atoms with Crippen molar-refractivity contribution in [2.24, 2.45) is 0 Å². The number of hydrogen-bond acceptors (Lipinski definition) is 6. The number of aromatic nitrogens is 2. The van der Waals surface area contributed by atoms with Crippen molar-refractivity contribution < 1.29 is 17.9 Å². The Morgan fingerprint density at radius 1 is 1.23 bits per heavy atom. The molecule has 1 aromatic carbocycles. The monoisotopic (exact) mass is 433 g/mol. The van der Waals surface area contributed by atoms with E-state index in [9.17, 15) is 13.2 Å². The number of hydrogen-bond donors (Lipinski definition) is 2. The van der Waals surface area contributed by atoms with Crippen molar-refractivity contribution in [2.75, 3.05) is 39.4 Å². The molecule has 2 unspecified atom stereocenters. The molecule has 2 saturated heterocycles. The lowest BCUT2D eigenvalue weighted by Gasteiger charge is -2.28. The van der Waals surface area contributed by atoms with Crippen molar-refractivity contribution >= 4 is 15.9 Å². The minimum absolute atomic E-state index is 0.150. The summed E-state index contributed by atoms with van der Waals surface area (Å²) < 4.78 is 34.0. The third kappa shape index (κ3) is 4.72. The van der Waals surface area contributed by atoms with Gasteiger partial charge in [-0.3, -0.25) is 4.79 Å². The molecule has 1 amide bonds. The lowest BCUT2D eigenvalue weighted by Crippen LogP contribution is -2.45. The standard InChI is InChI=1S/C20H27N5O4S/c26-20(19-14-18(15-22-19)30(27,28)24-10-12-29-13-11-24)21-8-6-16-2-4-17(5-3-16)25-9-1-7-23-25/h1-5,7,9,18-19,22H,6,8,10-15H2,(H,21,26). The lowest BCUT2D eigenvalue weighted by molar-refractivity contribution is -0.122. The van der Waals surface area contributed by atoms with Crippen LogP contribution in [0.3, 0.4) is 0 Å². The molecule has 2 aromatic rings. The predicted octanol–water partition coefficient (Wildman–Crippen LogP) is -0.0765. The van der Waals surface area contributed by atoms with E-state index in [-0.39, 0.29) is 5.91 Å². The summed E-state index contributed by atoms with van der Waals surface area (Å²) >= 11 is 0. The zero-order chi connectivity index (χ0) is 21.0. The quantitative estimate of drug-likeness (QED) is 0.633. The van der Waals surface area contributed by atoms with Crippen LogP contribution in [-0.4, -0.2) is 79.1 Å². The fourth-order valence-corrected chi connectivity index (χ4v) is 5.65. The molecule has 4 rings (SSSR count). The van der Waals surface area contributed by atoms with Gasteiger partial charge in [-0.15, -0.1) is 0 Å². The highest BCUT2D eigenvalue weighted by Crippen LogP contribution is 2.20. The van der Waals surface area contributed by atoms with E-state index in [1.807, 2.05) is 36.5 Å². The summed E-state index contributed by atoms with van der Waals surface area (Å²) in [5.74, 6) is -0.150. The molecule has 0 bridgehead atoms. The zero-order valence-corrected chi connectivity index (χ0v) is 17.6. The summed E-state index contributed by atoms with van der Waals surface area (Å²) in [7, 11) is -3.41. The summed E-state index contributed by atoms with van der Waals surface area (Å²) in [6, 6.07) is 9.40. The number of amides is 1. The van der Waals surface area contributed by atoms with Crippen LogP contribution in [0, 0.1) is 0 Å². The van der Waals surface area contributed by atoms with Crippen molar-refractivity contribution in [1.82, 2.24) is 24.7 Å². The Labute approximate surface area is 176 Å². The highest BCUT2D eigenvalue weighted by Gasteiger charge is 2.40. The number of rotatable bonds is 7. The van der Waals surface area contributed by atoms with Crippen LogP contribution < -0.4 is 10.6 Å². The highest BCUT2D eigenvalue weighted by molar-refractivity contribution is 7.89. The topological polar surface area (TPSA) is 106 Å². The van der Waals surface area contributed by atoms with Gasteiger partial charge in [-0.25, -0.2) is 13.1 Å². The van der Waals surface area contributed by atoms with E-state index < -0.39 is 21.3 Å². The molecule has 2 aliphatic rings. The third-order valence-corrected chi connectivity index (χ3v) is 7.86. The van der Waals surface area contributed by atoms with Crippen molar-refractivity contribution in [3.63, 3.8) is 0 Å². The zero-order valence-electron chi connectivity index (χ0n) is 16.7. The van der Waals surface area contributed by atoms with Gasteiger partial charge in [0, 0.05) is 38.6 Å². The summed E-state index contributed by atoms with van der Waals surface area (Å²) in [4.78, 5) is 12.5. The van der Waals surface area contributed by atoms with Crippen LogP contribution in [0.4, 0.5) is 0 Å². The van der Waals surface area contributed by atoms with Crippen LogP contribution in [0.15, 0.2) is 42.7 Å². The van der Waals surface area contributed by atoms with Crippen LogP contribution in [0.5, 0.6) is 0 Å². The van der Waals surface area contributed by atoms with Gasteiger partial charge in [-0.05, 0) is 36.6 Å². The maximum atomic E-state index is 12.8. The SMILES string of the molecule is O=C(NCCc1ccc(-n2cccn2)cc1)C1CC(S(=O)(=O)N2CCOCC2)CN1. The summed E-state index contributed by atoms with van der Waals surface area (Å²) in [6.45, 7) is 2.41. The Bertz CT molecular complexity index is 940. The largest absolute Gasteiger partial charge is 0.379 e. The molecule has 2 aliphatic heterocycles. The minimum atomic E-state index is -3.41. The average Bonchev–Trinajstić information content (AvgIpc) is 3.48. The molecule has 1 aromatic heterocycles. The Hall–Kier alpha value is -2.27. The van der Waals surface area contributed by atoms with Crippen LogP contribution in [0.25, 0.3) is 5.69 Å². The van der Waals surface area contributed by atoms with E-state index in [1.165, 1.54) is 4.31 Å². The van der Waals surface area contributed by atoms with Gasteiger partial charge in [-0.2, -0.15) is 9.40 Å². The smallest absolute Gasteiger partial charge is 0.237 e. The van der Waals surface area contributed by atoms with Crippen LogP contribution >= 0.6 is 0 Å². The molecular formula is C20H27N5O4S. The first-order valence-corrected chi connectivity index (χ1v) is 11.7. The summed E-state index contributed by atoms with van der Waals surface area (Å²) in [6.07, 6.45) is 4.62. The van der Waals surface area contributed by atoms with Crippen LogP contribution in [-0.2, 0) is 26.0 Å². The number of carbonyl (C=O) groups excluding carboxylic acids is 1. The molecular weight excluding hydrogens is 406 g/mol. The van der Waals surface area contributed by atoms with Gasteiger partial charge in [0.15, 0.2) is 0 Å². The highest BCUT2D eigenvalue weighted by atomic mass is 32.2. The Balaban J connectivity index is 1.24. The minimum Gasteiger partial charge on any atom is -0.379 e. The second kappa shape index (κ2) is 9.25. The number of carbonyl (C=O) groups is 1. The molecule has 2 N–H and O–H groups in total. The number of sulfonamides is 1. The molecule has 3 heterocycles. The second-order valence-corrected chi connectivity index (χ2v) is 9.75. The van der Waals surface area contributed by atoms with Gasteiger partial charge in [-0.1, -0.05) is 12.1 Å². The van der Waals surface area contributed by atoms with Crippen molar-refractivity contribution in [2.45, 2.75) is 24.1 Å². The van der Waals surface area contributed by atoms with E-state index in [2.05, 4.69) is 15.7 Å². The predicted molar refractivity (Wildman–Crippen MR) is 112 cm³/mol. The van der Waals surface area contributed by atoms with Crippen molar-refractivity contribution in [1.29, 1.82) is 0 Å². The summed E-state index contributed by atoms with van der Waals surface area (Å²) in [5, 5.41) is 9.62. The average molecular weight is 434 g/mol. The molecule has 0 radical (unpaired) electrons. The van der Waals surface area contributed by atoms with Gasteiger partial charge in [0.1, 0.15) is 0 Å². The molecule has 162 valence electrons. The molecule has 30 heavy (non-hydrogen) atoms. The lowest BCUT2D eigenvalue weighted by atomic mass is 10.1. The van der Waals surface area contributed by atoms with E-state index in [0.29, 0.717) is 52.2 Å². The first-order chi connectivity index (χ1) is 14.5. The van der Waals surface area contributed by atoms with E-state index >= 15 is 0 Å². The van der Waals surface area contributed by atoms with E-state index in [1.54, 1.807) is 10.9 Å². The first-order valence-electron chi connectivity index (χ1n) is 10.2. The van der Waals surface area contributed by atoms with Gasteiger partial charge < -0.3 is 15.4 Å². The molecule has 0 saturated carbocycles. The Morgan fingerprint density at radius 3 is 2.70 bits per heavy atom. The van der Waals surface area contributed by atoms with E-state index in [4.69, 9.17) is 4.74 Å². The van der Waals surface area contributed by atoms with Gasteiger partial charge in [0.05, 0.1) is 30.2 Å². The van der Waals surface area contributed by atoms with Gasteiger partial charge >= 0.3 is 0 Å². The molecule has 9 nitrogen and oxygen atoms in total. The Morgan fingerprint density at radius 2 is 2.00 bits per heavy atom. The number of nitrogens with one attached hydrogen (secondary N) is 2. The fraction of sp³-hybridized carbons (Fsp3) is 0.500. The van der Waals surface area contributed by atoms with Gasteiger partial charge in [0.2, 0.25) is 15.9 Å². The molecule has 10 heteroatoms. The number of ether oxygens (including phenoxy) is 1. The Kier molecular flexibility index (Phi) is 6.47. The molecule has 0 spiro atoms. The molecule has 2 fully saturated rings. The summed E-state index contributed by atoms with van der Waals surface area (Å²) in [5.41, 5.74) is 2.09. The van der Waals surface area contributed by atoms with E-state index in [0.717, 1.165) is 11.3 Å². The number of morpholine rings is 1. The number of nitrogens with zero attached hydrogens (tertiary/aromatic N) is 3. The van der Waals surface area contributed by atoms with Crippen molar-refractivity contribution in [3.05, 3.63) is 48.3 Å². The second-order valence-electron chi connectivity index (χ2n) is 7.53. The van der Waals surface area contributed by atoms with Gasteiger partial charge in [0.25, 0.3) is 0 Å². The normalized spacial score (nSPS) is 22.8. The number of benzene rings is 1. The maximum absolute atomic E-state index is 12.8. The fourth-order valence-electron chi connectivity index (χ4n) is 3.83. The van der Waals surface area contributed by atoms with Crippen LogP contribution in [0.1, 0.15) is 12.0 Å². The van der Waals surface area contributed by atoms with Crippen LogP contribution in [0.2, 0.25) is 0 Å². The van der Waals surface area contributed by atoms with Crippen molar-refractivity contribution in [3.8, 4) is 5.69 Å². The molecule has 0 aliphatic carbocycles. The third-order valence-electron chi connectivity index (χ3n) is 5.58. The maximum Gasteiger partial charge on any atom is 0.237 e.